The highest BCUT2D eigenvalue weighted by atomic mass is 19.0. The van der Waals surface area contributed by atoms with E-state index in [9.17, 15) is 9.59 Å². The highest BCUT2D eigenvalue weighted by molar-refractivity contribution is 5.94. The molecule has 1 atom stereocenters. The van der Waals surface area contributed by atoms with Crippen LogP contribution in [0.5, 0.6) is 5.75 Å². The van der Waals surface area contributed by atoms with Crippen LogP contribution in [0.15, 0.2) is 42.5 Å². The topological polar surface area (TPSA) is 117 Å². The Labute approximate surface area is 183 Å². The van der Waals surface area contributed by atoms with Crippen LogP contribution in [0.25, 0.3) is 0 Å². The molecule has 0 aliphatic heterocycles. The number of aliphatic carboxylic acids is 1. The van der Waals surface area contributed by atoms with E-state index < -0.39 is 5.97 Å². The molecule has 168 valence electrons. The maximum Gasteiger partial charge on any atom is 0.323 e. The Morgan fingerprint density at radius 3 is 2.52 bits per heavy atom. The van der Waals surface area contributed by atoms with Gasteiger partial charge in [-0.05, 0) is 48.1 Å². The fourth-order valence-electron chi connectivity index (χ4n) is 3.66. The number of nitrogen functional groups attached to an aromatic ring is 1. The Morgan fingerprint density at radius 2 is 1.94 bits per heavy atom. The van der Waals surface area contributed by atoms with Gasteiger partial charge in [-0.3, -0.25) is 19.7 Å². The molecule has 0 saturated heterocycles. The van der Waals surface area contributed by atoms with E-state index in [1.165, 1.54) is 17.4 Å². The Hall–Kier alpha value is -3.42. The number of benzene rings is 2. The number of carbonyl (C=O) groups is 2. The number of aryl methyl sites for hydroxylation is 1. The van der Waals surface area contributed by atoms with Crippen LogP contribution in [0.4, 0.5) is 4.72 Å². The van der Waals surface area contributed by atoms with E-state index in [0.29, 0.717) is 18.6 Å². The molecule has 0 saturated carbocycles. The molecule has 31 heavy (non-hydrogen) atoms. The molecule has 0 spiro atoms. The van der Waals surface area contributed by atoms with Crippen molar-refractivity contribution in [3.63, 3.8) is 0 Å². The van der Waals surface area contributed by atoms with E-state index in [4.69, 9.17) is 25.7 Å². The highest BCUT2D eigenvalue weighted by Crippen LogP contribution is 2.28. The molecule has 7 nitrogen and oxygen atoms in total. The first-order valence-corrected chi connectivity index (χ1v) is 9.50. The van der Waals surface area contributed by atoms with Gasteiger partial charge in [-0.15, -0.1) is 0 Å². The minimum Gasteiger partial charge on any atom is -0.489 e. The largest absolute Gasteiger partial charge is 0.489 e. The first-order valence-electron chi connectivity index (χ1n) is 9.88. The van der Waals surface area contributed by atoms with Crippen molar-refractivity contribution >= 4 is 17.7 Å². The fourth-order valence-corrected chi connectivity index (χ4v) is 3.66. The van der Waals surface area contributed by atoms with E-state index >= 15 is 0 Å². The molecular formula is C23H30FN3O4. The van der Waals surface area contributed by atoms with Gasteiger partial charge in [0.15, 0.2) is 0 Å². The van der Waals surface area contributed by atoms with Crippen molar-refractivity contribution in [2.24, 2.45) is 5.73 Å². The van der Waals surface area contributed by atoms with Crippen LogP contribution in [0, 0.1) is 5.41 Å². The van der Waals surface area contributed by atoms with Crippen molar-refractivity contribution in [3.8, 4) is 5.75 Å². The first-order chi connectivity index (χ1) is 14.8. The molecule has 1 aliphatic rings. The van der Waals surface area contributed by atoms with Gasteiger partial charge in [-0.2, -0.15) is 0 Å². The lowest BCUT2D eigenvalue weighted by Gasteiger charge is -2.33. The summed E-state index contributed by atoms with van der Waals surface area (Å²) in [7, 11) is 0. The summed E-state index contributed by atoms with van der Waals surface area (Å²) in [5.41, 5.74) is 9.42. The summed E-state index contributed by atoms with van der Waals surface area (Å²) in [6.45, 7) is 1.56. The molecule has 0 aromatic heterocycles. The van der Waals surface area contributed by atoms with Crippen LogP contribution in [0.3, 0.4) is 0 Å². The number of amides is 1. The van der Waals surface area contributed by atoms with Gasteiger partial charge in [-0.25, -0.2) is 0 Å². The van der Waals surface area contributed by atoms with E-state index in [1.54, 1.807) is 12.1 Å². The molecule has 3 rings (SSSR count). The zero-order valence-corrected chi connectivity index (χ0v) is 16.7. The fraction of sp³-hybridized carbons (Fsp3) is 0.348. The second kappa shape index (κ2) is 11.1. The Bertz CT molecular complexity index is 937. The van der Waals surface area contributed by atoms with Crippen LogP contribution < -0.4 is 10.5 Å². The number of nitrogens with one attached hydrogen (secondary N) is 1. The number of hydrogen-bond acceptors (Lipinski definition) is 4. The van der Waals surface area contributed by atoms with Gasteiger partial charge < -0.3 is 20.5 Å². The van der Waals surface area contributed by atoms with Crippen molar-refractivity contribution < 1.29 is 24.1 Å². The molecule has 1 amide bonds. The number of carboxylic acid groups (broad SMARTS) is 1. The summed E-state index contributed by atoms with van der Waals surface area (Å²) in [6, 6.07) is 13.2. The Balaban J connectivity index is 0.00000166. The first kappa shape index (κ1) is 23.9. The molecule has 1 unspecified atom stereocenters. The predicted molar refractivity (Wildman–Crippen MR) is 118 cm³/mol. The molecule has 0 fully saturated rings. The number of carbonyl (C=O) groups excluding carboxylic acids is 1. The summed E-state index contributed by atoms with van der Waals surface area (Å²) >= 11 is 0. The van der Waals surface area contributed by atoms with Crippen LogP contribution in [-0.4, -0.2) is 41.8 Å². The van der Waals surface area contributed by atoms with Gasteiger partial charge in [-0.1, -0.05) is 37.8 Å². The summed E-state index contributed by atoms with van der Waals surface area (Å²) in [6.07, 6.45) is 2.15. The van der Waals surface area contributed by atoms with Gasteiger partial charge >= 0.3 is 5.97 Å². The minimum absolute atomic E-state index is 0. The number of carboxylic acids is 1. The number of hydrogen-bond donors (Lipinski definition) is 3. The molecule has 0 heterocycles. The molecule has 0 bridgehead atoms. The molecular weight excluding hydrogens is 401 g/mol. The SMILES string of the molecule is C.CC(=O)N(CC(=O)O)C1CCc2cc(OCc3ccc(C(=N)N)cc3)ccc2C1.[3H]F. The molecule has 8 heteroatoms. The van der Waals surface area contributed by atoms with Gasteiger partial charge in [0.1, 0.15) is 24.7 Å². The molecule has 2 aromatic carbocycles. The van der Waals surface area contributed by atoms with Gasteiger partial charge in [0.2, 0.25) is 5.91 Å². The quantitative estimate of drug-likeness (QED) is 0.458. The summed E-state index contributed by atoms with van der Waals surface area (Å²) in [4.78, 5) is 24.4. The number of nitrogens with zero attached hydrogens (tertiary/aromatic N) is 1. The van der Waals surface area contributed by atoms with Crippen molar-refractivity contribution in [2.45, 2.75) is 46.3 Å². The second-order valence-corrected chi connectivity index (χ2v) is 7.27. The molecule has 2 aromatic rings. The van der Waals surface area contributed by atoms with Crippen molar-refractivity contribution in [2.75, 3.05) is 6.54 Å². The smallest absolute Gasteiger partial charge is 0.323 e. The van der Waals surface area contributed by atoms with E-state index in [2.05, 4.69) is 1.45 Å². The number of ether oxygens (including phenoxy) is 1. The standard InChI is InChI=1S/C22H25N3O4.CH4.FH/c1-14(26)25(12-21(27)28)19-8-6-18-11-20(9-7-17(18)10-19)29-13-15-2-4-16(5-3-15)22(23)24;;/h2-5,7,9,11,19H,6,8,10,12-13H2,1H3,(H3,23,24)(H,27,28);1H4;1H/i/hT. The number of rotatable bonds is 7. The van der Waals surface area contributed by atoms with Crippen molar-refractivity contribution in [1.29, 1.82) is 6.86 Å². The average Bonchev–Trinajstić information content (AvgIpc) is 2.77. The number of nitrogens with two attached hydrogens (primary N) is 1. The number of amidine groups is 1. The third-order valence-electron chi connectivity index (χ3n) is 5.20. The predicted octanol–water partition coefficient (Wildman–Crippen LogP) is 3.13. The Kier molecular flexibility index (Phi) is 8.54. The zero-order chi connectivity index (χ0) is 23.0. The average molecular weight is 434 g/mol. The normalized spacial score (nSPS) is 14.5. The lowest BCUT2D eigenvalue weighted by molar-refractivity contribution is -0.145. The third-order valence-corrected chi connectivity index (χ3v) is 5.20. The monoisotopic (exact) mass is 433 g/mol. The van der Waals surface area contributed by atoms with Crippen LogP contribution >= 0.6 is 0 Å². The molecule has 4 N–H and O–H groups in total. The van der Waals surface area contributed by atoms with Gasteiger partial charge in [0.05, 0.1) is 0 Å². The number of fused-ring (bicyclic) bond motifs is 1. The van der Waals surface area contributed by atoms with Gasteiger partial charge in [0.25, 0.3) is 1.45 Å². The van der Waals surface area contributed by atoms with Crippen LogP contribution in [0.2, 0.25) is 0 Å². The van der Waals surface area contributed by atoms with Crippen molar-refractivity contribution in [1.82, 2.24) is 4.90 Å². The summed E-state index contributed by atoms with van der Waals surface area (Å²) < 4.78 is 18.9. The van der Waals surface area contributed by atoms with E-state index in [-0.39, 0.29) is 31.8 Å². The van der Waals surface area contributed by atoms with Crippen molar-refractivity contribution in [3.05, 3.63) is 64.7 Å². The van der Waals surface area contributed by atoms with Gasteiger partial charge in [0, 0.05) is 18.5 Å². The number of halogens is 1. The Morgan fingerprint density at radius 1 is 1.26 bits per heavy atom. The van der Waals surface area contributed by atoms with E-state index in [0.717, 1.165) is 29.7 Å². The highest BCUT2D eigenvalue weighted by Gasteiger charge is 2.27. The zero-order valence-electron chi connectivity index (χ0n) is 17.7. The maximum absolute atomic E-state index is 11.8. The lowest BCUT2D eigenvalue weighted by Crippen LogP contribution is -2.45. The maximum atomic E-state index is 11.8. The van der Waals surface area contributed by atoms with Crippen LogP contribution in [-0.2, 0) is 29.0 Å². The van der Waals surface area contributed by atoms with Crippen LogP contribution in [0.1, 0.15) is 43.0 Å². The lowest BCUT2D eigenvalue weighted by atomic mass is 9.87. The molecule has 0 radical (unpaired) electrons. The third kappa shape index (κ3) is 6.53. The van der Waals surface area contributed by atoms with E-state index in [1.807, 2.05) is 30.3 Å². The second-order valence-electron chi connectivity index (χ2n) is 7.27. The molecule has 1 aliphatic carbocycles. The summed E-state index contributed by atoms with van der Waals surface area (Å²) in [5.74, 6) is -0.397. The minimum atomic E-state index is -0.994. The summed E-state index contributed by atoms with van der Waals surface area (Å²) in [5, 5.41) is 16.5.